The van der Waals surface area contributed by atoms with Gasteiger partial charge >= 0.3 is 6.61 Å². The SMILES string of the molecule is CCC(O)Cn1ncc(-c2cnc3[nH]cc(C(C)c4c(OC(F)F)ccc(F)c4Cl)c3c2)c1C. The number of nitrogens with one attached hydrogen (secondary N) is 1. The highest BCUT2D eigenvalue weighted by Crippen LogP contribution is 2.41. The molecule has 0 amide bonds. The van der Waals surface area contributed by atoms with Gasteiger partial charge in [-0.1, -0.05) is 25.4 Å². The van der Waals surface area contributed by atoms with Crippen molar-refractivity contribution in [1.29, 1.82) is 0 Å². The van der Waals surface area contributed by atoms with Gasteiger partial charge in [-0.25, -0.2) is 9.37 Å². The second kappa shape index (κ2) is 9.68. The van der Waals surface area contributed by atoms with Gasteiger partial charge in [0.2, 0.25) is 0 Å². The van der Waals surface area contributed by atoms with Crippen molar-refractivity contribution in [2.75, 3.05) is 0 Å². The lowest BCUT2D eigenvalue weighted by atomic mass is 9.91. The van der Waals surface area contributed by atoms with E-state index in [1.807, 2.05) is 19.9 Å². The summed E-state index contributed by atoms with van der Waals surface area (Å²) in [4.78, 5) is 7.57. The molecule has 34 heavy (non-hydrogen) atoms. The molecule has 6 nitrogen and oxygen atoms in total. The van der Waals surface area contributed by atoms with E-state index in [1.54, 1.807) is 30.2 Å². The van der Waals surface area contributed by atoms with Crippen LogP contribution in [0.3, 0.4) is 0 Å². The summed E-state index contributed by atoms with van der Waals surface area (Å²) >= 11 is 6.19. The van der Waals surface area contributed by atoms with E-state index in [-0.39, 0.29) is 16.3 Å². The minimum Gasteiger partial charge on any atom is -0.434 e. The smallest absolute Gasteiger partial charge is 0.387 e. The second-order valence-electron chi connectivity index (χ2n) is 8.13. The molecule has 0 bridgehead atoms. The van der Waals surface area contributed by atoms with Crippen LogP contribution in [0.15, 0.2) is 36.8 Å². The predicted molar refractivity (Wildman–Crippen MR) is 124 cm³/mol. The van der Waals surface area contributed by atoms with Gasteiger partial charge in [0.05, 0.1) is 23.9 Å². The molecule has 0 radical (unpaired) electrons. The topological polar surface area (TPSA) is 76.0 Å². The summed E-state index contributed by atoms with van der Waals surface area (Å²) in [6.07, 6.45) is 5.25. The summed E-state index contributed by atoms with van der Waals surface area (Å²) in [7, 11) is 0. The van der Waals surface area contributed by atoms with Crippen LogP contribution in [0.25, 0.3) is 22.2 Å². The van der Waals surface area contributed by atoms with Gasteiger partial charge in [-0.3, -0.25) is 4.68 Å². The Morgan fingerprint density at radius 3 is 2.74 bits per heavy atom. The number of aromatic nitrogens is 4. The Kier molecular flexibility index (Phi) is 6.86. The summed E-state index contributed by atoms with van der Waals surface area (Å²) in [5.41, 5.74) is 3.93. The zero-order valence-corrected chi connectivity index (χ0v) is 19.6. The number of ether oxygens (including phenoxy) is 1. The molecule has 0 aliphatic heterocycles. The van der Waals surface area contributed by atoms with E-state index < -0.39 is 24.5 Å². The van der Waals surface area contributed by atoms with E-state index in [9.17, 15) is 18.3 Å². The summed E-state index contributed by atoms with van der Waals surface area (Å²) in [6, 6.07) is 4.07. The molecular formula is C24H24ClF3N4O2. The standard InChI is InChI=1S/C24H24ClF3N4O2/c1-4-15(33)11-32-13(3)18(10-31-32)14-7-16-17(9-30-23(16)29-8-14)12(2)21-20(34-24(27)28)6-5-19(26)22(21)25/h5-10,12,15,24,33H,4,11H2,1-3H3,(H,29,30). The molecule has 0 aliphatic rings. The molecule has 0 spiro atoms. The first-order valence-corrected chi connectivity index (χ1v) is 11.2. The number of nitrogens with zero attached hydrogens (tertiary/aromatic N) is 3. The molecule has 0 saturated heterocycles. The van der Waals surface area contributed by atoms with E-state index in [0.717, 1.165) is 34.3 Å². The Morgan fingerprint density at radius 2 is 2.03 bits per heavy atom. The van der Waals surface area contributed by atoms with Gasteiger partial charge in [-0.05, 0) is 37.1 Å². The fourth-order valence-corrected chi connectivity index (χ4v) is 4.40. The van der Waals surface area contributed by atoms with Gasteiger partial charge in [0.1, 0.15) is 17.2 Å². The van der Waals surface area contributed by atoms with E-state index in [0.29, 0.717) is 24.2 Å². The highest BCUT2D eigenvalue weighted by Gasteiger charge is 2.25. The van der Waals surface area contributed by atoms with Crippen molar-refractivity contribution in [1.82, 2.24) is 19.7 Å². The molecule has 0 aliphatic carbocycles. The fourth-order valence-electron chi connectivity index (χ4n) is 4.08. The molecule has 3 aromatic heterocycles. The average molecular weight is 493 g/mol. The number of pyridine rings is 1. The predicted octanol–water partition coefficient (Wildman–Crippen LogP) is 6.05. The quantitative estimate of drug-likeness (QED) is 0.314. The molecule has 180 valence electrons. The maximum absolute atomic E-state index is 14.2. The van der Waals surface area contributed by atoms with Gasteiger partial charge in [-0.15, -0.1) is 0 Å². The molecule has 0 fully saturated rings. The summed E-state index contributed by atoms with van der Waals surface area (Å²) in [5.74, 6) is -1.48. The summed E-state index contributed by atoms with van der Waals surface area (Å²) < 4.78 is 46.6. The molecule has 3 heterocycles. The maximum Gasteiger partial charge on any atom is 0.387 e. The van der Waals surface area contributed by atoms with Crippen LogP contribution in [0, 0.1) is 12.7 Å². The Balaban J connectivity index is 1.77. The van der Waals surface area contributed by atoms with Crippen molar-refractivity contribution in [3.63, 3.8) is 0 Å². The number of H-pyrrole nitrogens is 1. The van der Waals surface area contributed by atoms with Crippen molar-refractivity contribution < 1.29 is 23.0 Å². The molecule has 4 rings (SSSR count). The van der Waals surface area contributed by atoms with Gasteiger partial charge < -0.3 is 14.8 Å². The first-order chi connectivity index (χ1) is 16.2. The van der Waals surface area contributed by atoms with Gasteiger partial charge in [-0.2, -0.15) is 13.9 Å². The third kappa shape index (κ3) is 4.50. The first-order valence-electron chi connectivity index (χ1n) is 10.8. The largest absolute Gasteiger partial charge is 0.434 e. The van der Waals surface area contributed by atoms with E-state index in [2.05, 4.69) is 19.8 Å². The van der Waals surface area contributed by atoms with E-state index in [1.165, 1.54) is 0 Å². The zero-order chi connectivity index (χ0) is 24.6. The number of fused-ring (bicyclic) bond motifs is 1. The van der Waals surface area contributed by atoms with Crippen LogP contribution in [0.5, 0.6) is 5.75 Å². The van der Waals surface area contributed by atoms with Crippen LogP contribution in [-0.2, 0) is 6.54 Å². The van der Waals surface area contributed by atoms with Crippen LogP contribution in [0.1, 0.15) is 43.0 Å². The third-order valence-corrected chi connectivity index (χ3v) is 6.42. The average Bonchev–Trinajstić information content (AvgIpc) is 3.38. The molecule has 0 saturated carbocycles. The molecule has 1 aromatic carbocycles. The van der Waals surface area contributed by atoms with Gasteiger partial charge in [0, 0.05) is 46.1 Å². The highest BCUT2D eigenvalue weighted by molar-refractivity contribution is 6.31. The normalized spacial score (nSPS) is 13.6. The Bertz CT molecular complexity index is 1320. The van der Waals surface area contributed by atoms with E-state index >= 15 is 0 Å². The number of aliphatic hydroxyl groups is 1. The number of alkyl halides is 2. The van der Waals surface area contributed by atoms with E-state index in [4.69, 9.17) is 11.6 Å². The number of hydrogen-bond donors (Lipinski definition) is 2. The van der Waals surface area contributed by atoms with Crippen LogP contribution in [0.4, 0.5) is 13.2 Å². The number of halogens is 4. The lowest BCUT2D eigenvalue weighted by Crippen LogP contribution is -2.16. The Hall–Kier alpha value is -3.04. The van der Waals surface area contributed by atoms with Crippen molar-refractivity contribution in [2.24, 2.45) is 0 Å². The number of hydrogen-bond acceptors (Lipinski definition) is 4. The van der Waals surface area contributed by atoms with Crippen LogP contribution in [-0.4, -0.2) is 37.6 Å². The molecule has 4 aromatic rings. The van der Waals surface area contributed by atoms with Crippen LogP contribution >= 0.6 is 11.6 Å². The fraction of sp³-hybridized carbons (Fsp3) is 0.333. The minimum atomic E-state index is -3.07. The second-order valence-corrected chi connectivity index (χ2v) is 8.50. The molecule has 2 atom stereocenters. The summed E-state index contributed by atoms with van der Waals surface area (Å²) in [5, 5.41) is 14.8. The van der Waals surface area contributed by atoms with Gasteiger partial charge in [0.25, 0.3) is 0 Å². The highest BCUT2D eigenvalue weighted by atomic mass is 35.5. The zero-order valence-electron chi connectivity index (χ0n) is 18.8. The molecule has 2 N–H and O–H groups in total. The van der Waals surface area contributed by atoms with Crippen LogP contribution in [0.2, 0.25) is 5.02 Å². The lowest BCUT2D eigenvalue weighted by Gasteiger charge is -2.18. The lowest BCUT2D eigenvalue weighted by molar-refractivity contribution is -0.0505. The Labute approximate surface area is 199 Å². The van der Waals surface area contributed by atoms with Crippen molar-refractivity contribution in [3.05, 3.63) is 64.5 Å². The maximum atomic E-state index is 14.2. The van der Waals surface area contributed by atoms with Crippen LogP contribution < -0.4 is 4.74 Å². The molecule has 2 unspecified atom stereocenters. The van der Waals surface area contributed by atoms with Gasteiger partial charge in [0.15, 0.2) is 0 Å². The van der Waals surface area contributed by atoms with Crippen molar-refractivity contribution in [3.8, 4) is 16.9 Å². The monoisotopic (exact) mass is 492 g/mol. The molecular weight excluding hydrogens is 469 g/mol. The number of aliphatic hydroxyl groups excluding tert-OH is 1. The number of aromatic amines is 1. The van der Waals surface area contributed by atoms with Crippen molar-refractivity contribution in [2.45, 2.75) is 52.4 Å². The molecule has 10 heteroatoms. The minimum absolute atomic E-state index is 0.130. The van der Waals surface area contributed by atoms with Crippen molar-refractivity contribution >= 4 is 22.6 Å². The number of benzene rings is 1. The third-order valence-electron chi connectivity index (χ3n) is 6.04. The Morgan fingerprint density at radius 1 is 1.26 bits per heavy atom. The summed E-state index contributed by atoms with van der Waals surface area (Å²) in [6.45, 7) is 2.86. The number of rotatable bonds is 8. The first kappa shape index (κ1) is 24.1.